The highest BCUT2D eigenvalue weighted by molar-refractivity contribution is 7.80. The zero-order valence-electron chi connectivity index (χ0n) is 11.0. The van der Waals surface area contributed by atoms with E-state index in [-0.39, 0.29) is 0 Å². The second-order valence-electron chi connectivity index (χ2n) is 5.14. The van der Waals surface area contributed by atoms with Crippen LogP contribution in [0.5, 0.6) is 0 Å². The van der Waals surface area contributed by atoms with Crippen LogP contribution in [0.4, 0.5) is 5.82 Å². The summed E-state index contributed by atoms with van der Waals surface area (Å²) in [4.78, 5) is 7.55. The molecule has 1 aliphatic heterocycles. The number of aromatic nitrogens is 1. The molecule has 0 saturated carbocycles. The molecule has 2 heterocycles. The van der Waals surface area contributed by atoms with Crippen LogP contribution in [-0.2, 0) is 17.6 Å². The van der Waals surface area contributed by atoms with E-state index < -0.39 is 0 Å². The van der Waals surface area contributed by atoms with E-state index in [1.807, 2.05) is 0 Å². The van der Waals surface area contributed by atoms with Crippen molar-refractivity contribution in [3.05, 3.63) is 22.9 Å². The summed E-state index contributed by atoms with van der Waals surface area (Å²) in [6, 6.07) is 2.16. The van der Waals surface area contributed by atoms with E-state index in [0.717, 1.165) is 50.5 Å². The molecule has 4 nitrogen and oxygen atoms in total. The second kappa shape index (κ2) is 5.43. The van der Waals surface area contributed by atoms with Crippen molar-refractivity contribution < 1.29 is 4.74 Å². The highest BCUT2D eigenvalue weighted by Crippen LogP contribution is 2.27. The van der Waals surface area contributed by atoms with Gasteiger partial charge in [-0.2, -0.15) is 0 Å². The molecule has 0 bridgehead atoms. The lowest BCUT2D eigenvalue weighted by atomic mass is 9.94. The topological polar surface area (TPSA) is 51.4 Å². The molecular formula is C14H19N3OS. The largest absolute Gasteiger partial charge is 0.389 e. The third kappa shape index (κ3) is 2.58. The van der Waals surface area contributed by atoms with Gasteiger partial charge in [0.05, 0.1) is 18.8 Å². The molecule has 1 aromatic rings. The lowest BCUT2D eigenvalue weighted by molar-refractivity contribution is 0.122. The molecule has 0 aromatic carbocycles. The van der Waals surface area contributed by atoms with Gasteiger partial charge in [0.2, 0.25) is 0 Å². The fourth-order valence-corrected chi connectivity index (χ4v) is 2.97. The normalized spacial score (nSPS) is 19.1. The number of hydrogen-bond donors (Lipinski definition) is 1. The van der Waals surface area contributed by atoms with Crippen molar-refractivity contribution >= 4 is 23.0 Å². The third-order valence-electron chi connectivity index (χ3n) is 3.86. The number of nitrogens with two attached hydrogens (primary N) is 1. The van der Waals surface area contributed by atoms with Crippen molar-refractivity contribution in [1.82, 2.24) is 4.98 Å². The van der Waals surface area contributed by atoms with Crippen LogP contribution in [0.25, 0.3) is 0 Å². The zero-order valence-corrected chi connectivity index (χ0v) is 11.8. The Hall–Kier alpha value is -1.20. The average molecular weight is 277 g/mol. The van der Waals surface area contributed by atoms with Gasteiger partial charge in [0.15, 0.2) is 0 Å². The Morgan fingerprint density at radius 1 is 1.26 bits per heavy atom. The zero-order chi connectivity index (χ0) is 13.2. The molecule has 5 heteroatoms. The van der Waals surface area contributed by atoms with Gasteiger partial charge in [-0.1, -0.05) is 12.2 Å². The molecule has 0 radical (unpaired) electrons. The molecule has 1 fully saturated rings. The first kappa shape index (κ1) is 12.8. The van der Waals surface area contributed by atoms with Crippen LogP contribution in [0.3, 0.4) is 0 Å². The van der Waals surface area contributed by atoms with Crippen molar-refractivity contribution in [1.29, 1.82) is 0 Å². The lowest BCUT2D eigenvalue weighted by Crippen LogP contribution is -2.38. The summed E-state index contributed by atoms with van der Waals surface area (Å²) < 4.78 is 5.40. The molecular weight excluding hydrogens is 258 g/mol. The summed E-state index contributed by atoms with van der Waals surface area (Å²) in [7, 11) is 0. The van der Waals surface area contributed by atoms with Crippen molar-refractivity contribution in [2.75, 3.05) is 31.2 Å². The summed E-state index contributed by atoms with van der Waals surface area (Å²) >= 11 is 5.20. The van der Waals surface area contributed by atoms with Gasteiger partial charge in [0, 0.05) is 18.8 Å². The smallest absolute Gasteiger partial charge is 0.139 e. The third-order valence-corrected chi connectivity index (χ3v) is 4.08. The number of pyridine rings is 1. The van der Waals surface area contributed by atoms with Crippen LogP contribution in [0.15, 0.2) is 6.07 Å². The Kier molecular flexibility index (Phi) is 3.66. The first-order valence-electron chi connectivity index (χ1n) is 6.91. The van der Waals surface area contributed by atoms with Crippen LogP contribution in [-0.4, -0.2) is 36.3 Å². The average Bonchev–Trinajstić information content (AvgIpc) is 2.46. The monoisotopic (exact) mass is 277 g/mol. The van der Waals surface area contributed by atoms with Crippen LogP contribution in [0.1, 0.15) is 29.7 Å². The van der Waals surface area contributed by atoms with Gasteiger partial charge < -0.3 is 15.4 Å². The molecule has 1 saturated heterocycles. The number of nitrogens with zero attached hydrogens (tertiary/aromatic N) is 2. The Labute approximate surface area is 118 Å². The van der Waals surface area contributed by atoms with Gasteiger partial charge in [-0.25, -0.2) is 4.98 Å². The summed E-state index contributed by atoms with van der Waals surface area (Å²) in [5.74, 6) is 0.955. The maximum atomic E-state index is 5.89. The standard InChI is InChI=1S/C14H19N3OS/c15-13(19)11-9-10-3-1-2-4-12(10)16-14(11)17-5-7-18-8-6-17/h9H,1-8H2,(H2,15,19). The molecule has 2 aliphatic rings. The molecule has 102 valence electrons. The first-order chi connectivity index (χ1) is 9.25. The number of fused-ring (bicyclic) bond motifs is 1. The molecule has 1 aliphatic carbocycles. The second-order valence-corrected chi connectivity index (χ2v) is 5.58. The fourth-order valence-electron chi connectivity index (χ4n) is 2.82. The number of hydrogen-bond acceptors (Lipinski definition) is 4. The van der Waals surface area contributed by atoms with Gasteiger partial charge in [0.1, 0.15) is 10.8 Å². The minimum absolute atomic E-state index is 0.447. The van der Waals surface area contributed by atoms with E-state index >= 15 is 0 Å². The molecule has 19 heavy (non-hydrogen) atoms. The van der Waals surface area contributed by atoms with Gasteiger partial charge in [-0.3, -0.25) is 0 Å². The number of ether oxygens (including phenoxy) is 1. The van der Waals surface area contributed by atoms with Crippen molar-refractivity contribution in [2.45, 2.75) is 25.7 Å². The fraction of sp³-hybridized carbons (Fsp3) is 0.571. The van der Waals surface area contributed by atoms with Gasteiger partial charge in [0.25, 0.3) is 0 Å². The minimum atomic E-state index is 0.447. The number of rotatable bonds is 2. The molecule has 0 spiro atoms. The SMILES string of the molecule is NC(=S)c1cc2c(nc1N1CCOCC1)CCCC2. The molecule has 0 unspecified atom stereocenters. The lowest BCUT2D eigenvalue weighted by Gasteiger charge is -2.30. The molecule has 0 amide bonds. The highest BCUT2D eigenvalue weighted by Gasteiger charge is 2.21. The quantitative estimate of drug-likeness (QED) is 0.829. The van der Waals surface area contributed by atoms with Crippen LogP contribution >= 0.6 is 12.2 Å². The molecule has 0 atom stereocenters. The van der Waals surface area contributed by atoms with E-state index in [1.54, 1.807) is 0 Å². The number of thiocarbonyl (C=S) groups is 1. The summed E-state index contributed by atoms with van der Waals surface area (Å²) in [6.07, 6.45) is 4.64. The van der Waals surface area contributed by atoms with Crippen LogP contribution in [0, 0.1) is 0 Å². The Morgan fingerprint density at radius 2 is 2.00 bits per heavy atom. The van der Waals surface area contributed by atoms with Crippen molar-refractivity contribution in [3.8, 4) is 0 Å². The maximum absolute atomic E-state index is 5.89. The summed E-state index contributed by atoms with van der Waals surface area (Å²) in [5, 5.41) is 0. The number of aryl methyl sites for hydroxylation is 2. The van der Waals surface area contributed by atoms with E-state index in [4.69, 9.17) is 27.7 Å². The van der Waals surface area contributed by atoms with Crippen LogP contribution in [0.2, 0.25) is 0 Å². The van der Waals surface area contributed by atoms with E-state index in [0.29, 0.717) is 4.99 Å². The maximum Gasteiger partial charge on any atom is 0.139 e. The number of morpholine rings is 1. The van der Waals surface area contributed by atoms with Gasteiger partial charge >= 0.3 is 0 Å². The summed E-state index contributed by atoms with van der Waals surface area (Å²) in [5.41, 5.74) is 9.37. The van der Waals surface area contributed by atoms with Gasteiger partial charge in [-0.05, 0) is 37.3 Å². The first-order valence-corrected chi connectivity index (χ1v) is 7.32. The Bertz CT molecular complexity index is 498. The van der Waals surface area contributed by atoms with Gasteiger partial charge in [-0.15, -0.1) is 0 Å². The van der Waals surface area contributed by atoms with E-state index in [9.17, 15) is 0 Å². The minimum Gasteiger partial charge on any atom is -0.389 e. The Morgan fingerprint density at radius 3 is 2.74 bits per heavy atom. The molecule has 3 rings (SSSR count). The Balaban J connectivity index is 2.02. The predicted molar refractivity (Wildman–Crippen MR) is 79.8 cm³/mol. The van der Waals surface area contributed by atoms with Crippen molar-refractivity contribution in [2.24, 2.45) is 5.73 Å². The predicted octanol–water partition coefficient (Wildman–Crippen LogP) is 1.43. The molecule has 2 N–H and O–H groups in total. The van der Waals surface area contributed by atoms with Crippen molar-refractivity contribution in [3.63, 3.8) is 0 Å². The van der Waals surface area contributed by atoms with Crippen LogP contribution < -0.4 is 10.6 Å². The number of anilines is 1. The molecule has 1 aromatic heterocycles. The summed E-state index contributed by atoms with van der Waals surface area (Å²) in [6.45, 7) is 3.22. The highest BCUT2D eigenvalue weighted by atomic mass is 32.1. The van der Waals surface area contributed by atoms with E-state index in [2.05, 4.69) is 11.0 Å². The van der Waals surface area contributed by atoms with E-state index in [1.165, 1.54) is 24.1 Å².